The van der Waals surface area contributed by atoms with E-state index >= 15 is 0 Å². The molecule has 0 fully saturated rings. The molecule has 0 aliphatic carbocycles. The van der Waals surface area contributed by atoms with E-state index < -0.39 is 0 Å². The second-order valence-electron chi connectivity index (χ2n) is 5.73. The van der Waals surface area contributed by atoms with Crippen LogP contribution in [0.3, 0.4) is 0 Å². The minimum Gasteiger partial charge on any atom is -0.311 e. The third-order valence-corrected chi connectivity index (χ3v) is 4.72. The number of thiazole rings is 1. The number of rotatable bonds is 4. The average molecular weight is 355 g/mol. The van der Waals surface area contributed by atoms with Gasteiger partial charge >= 0.3 is 0 Å². The lowest BCUT2D eigenvalue weighted by atomic mass is 9.93. The molecule has 0 saturated carbocycles. The first-order chi connectivity index (χ1) is 12.0. The number of aromatic nitrogens is 1. The number of ketones is 1. The second-order valence-corrected chi connectivity index (χ2v) is 6.59. The van der Waals surface area contributed by atoms with Crippen molar-refractivity contribution in [3.05, 3.63) is 52.7 Å². The maximum absolute atomic E-state index is 12.4. The molecule has 2 heterocycles. The van der Waals surface area contributed by atoms with Gasteiger partial charge in [0.25, 0.3) is 0 Å². The van der Waals surface area contributed by atoms with Gasteiger partial charge in [-0.3, -0.25) is 14.4 Å². The number of hydrogen-bond acceptors (Lipinski definition) is 5. The minimum absolute atomic E-state index is 0.107. The Morgan fingerprint density at radius 3 is 2.68 bits per heavy atom. The molecular formula is C18H17N3O3S. The van der Waals surface area contributed by atoms with Gasteiger partial charge in [-0.15, -0.1) is 11.3 Å². The maximum atomic E-state index is 12.4. The maximum Gasteiger partial charge on any atom is 0.228 e. The summed E-state index contributed by atoms with van der Waals surface area (Å²) >= 11 is 1.20. The standard InChI is InChI=1S/C18H17N3O3S/c1-11(22)15-10-25-18(19-15)20-17(24)9-16-14-6-4-3-5-13(14)7-8-21(16)12(2)23/h3-8,10,16H,9H2,1-2H3,(H,19,20,24). The number of carbonyl (C=O) groups excluding carboxylic acids is 3. The predicted octanol–water partition coefficient (Wildman–Crippen LogP) is 3.25. The number of amides is 2. The molecular weight excluding hydrogens is 338 g/mol. The number of Topliss-reactive ketones (excluding diaryl/α,β-unsaturated/α-hetero) is 1. The molecule has 1 aromatic carbocycles. The van der Waals surface area contributed by atoms with Crippen LogP contribution in [0.4, 0.5) is 5.13 Å². The Morgan fingerprint density at radius 1 is 1.24 bits per heavy atom. The predicted molar refractivity (Wildman–Crippen MR) is 96.1 cm³/mol. The molecule has 1 N–H and O–H groups in total. The first-order valence-electron chi connectivity index (χ1n) is 7.78. The van der Waals surface area contributed by atoms with Gasteiger partial charge in [0.2, 0.25) is 11.8 Å². The third-order valence-electron chi connectivity index (χ3n) is 3.96. The first kappa shape index (κ1) is 17.0. The Hall–Kier alpha value is -2.80. The molecule has 25 heavy (non-hydrogen) atoms. The van der Waals surface area contributed by atoms with Crippen LogP contribution in [-0.4, -0.2) is 27.5 Å². The Morgan fingerprint density at radius 2 is 2.00 bits per heavy atom. The molecule has 0 spiro atoms. The SMILES string of the molecule is CC(=O)c1csc(NC(=O)CC2c3ccccc3C=CN2C(C)=O)n1. The average Bonchev–Trinajstić information content (AvgIpc) is 3.03. The van der Waals surface area contributed by atoms with Crippen LogP contribution in [0.1, 0.15) is 47.9 Å². The van der Waals surface area contributed by atoms with E-state index in [0.717, 1.165) is 11.1 Å². The molecule has 0 saturated heterocycles. The Labute approximate surface area is 149 Å². The molecule has 128 valence electrons. The molecule has 1 unspecified atom stereocenters. The van der Waals surface area contributed by atoms with Crippen molar-refractivity contribution in [3.8, 4) is 0 Å². The van der Waals surface area contributed by atoms with Gasteiger partial charge in [-0.2, -0.15) is 0 Å². The van der Waals surface area contributed by atoms with E-state index in [-0.39, 0.29) is 30.1 Å². The van der Waals surface area contributed by atoms with Gasteiger partial charge in [-0.05, 0) is 17.2 Å². The minimum atomic E-state index is -0.370. The summed E-state index contributed by atoms with van der Waals surface area (Å²) in [5.41, 5.74) is 2.25. The highest BCUT2D eigenvalue weighted by Crippen LogP contribution is 2.33. The van der Waals surface area contributed by atoms with Gasteiger partial charge in [-0.25, -0.2) is 4.98 Å². The van der Waals surface area contributed by atoms with E-state index in [1.807, 2.05) is 30.3 Å². The molecule has 0 bridgehead atoms. The number of carbonyl (C=O) groups is 3. The van der Waals surface area contributed by atoms with Gasteiger partial charge in [0.15, 0.2) is 10.9 Å². The van der Waals surface area contributed by atoms with E-state index in [0.29, 0.717) is 10.8 Å². The molecule has 3 rings (SSSR count). The normalized spacial score (nSPS) is 15.6. The van der Waals surface area contributed by atoms with Gasteiger partial charge in [0.1, 0.15) is 5.69 Å². The fraction of sp³-hybridized carbons (Fsp3) is 0.222. The van der Waals surface area contributed by atoms with E-state index in [1.54, 1.807) is 16.5 Å². The molecule has 7 heteroatoms. The van der Waals surface area contributed by atoms with Gasteiger partial charge in [0, 0.05) is 25.4 Å². The molecule has 2 aromatic rings. The lowest BCUT2D eigenvalue weighted by Crippen LogP contribution is -2.33. The zero-order chi connectivity index (χ0) is 18.0. The largest absolute Gasteiger partial charge is 0.311 e. The van der Waals surface area contributed by atoms with Crippen molar-refractivity contribution in [2.24, 2.45) is 0 Å². The summed E-state index contributed by atoms with van der Waals surface area (Å²) in [5, 5.41) is 4.70. The van der Waals surface area contributed by atoms with Crippen LogP contribution in [-0.2, 0) is 9.59 Å². The molecule has 2 amide bonds. The quantitative estimate of drug-likeness (QED) is 0.854. The van der Waals surface area contributed by atoms with E-state index in [1.165, 1.54) is 25.2 Å². The van der Waals surface area contributed by atoms with Crippen molar-refractivity contribution in [1.29, 1.82) is 0 Å². The lowest BCUT2D eigenvalue weighted by molar-refractivity contribution is -0.129. The highest BCUT2D eigenvalue weighted by atomic mass is 32.1. The summed E-state index contributed by atoms with van der Waals surface area (Å²) in [6.45, 7) is 2.90. The summed E-state index contributed by atoms with van der Waals surface area (Å²) in [7, 11) is 0. The van der Waals surface area contributed by atoms with Crippen molar-refractivity contribution < 1.29 is 14.4 Å². The van der Waals surface area contributed by atoms with Crippen molar-refractivity contribution in [3.63, 3.8) is 0 Å². The van der Waals surface area contributed by atoms with Crippen LogP contribution in [0.2, 0.25) is 0 Å². The first-order valence-corrected chi connectivity index (χ1v) is 8.66. The van der Waals surface area contributed by atoms with Crippen molar-refractivity contribution in [1.82, 2.24) is 9.88 Å². The van der Waals surface area contributed by atoms with Crippen LogP contribution < -0.4 is 5.32 Å². The second kappa shape index (κ2) is 6.98. The number of nitrogens with zero attached hydrogens (tertiary/aromatic N) is 2. The van der Waals surface area contributed by atoms with E-state index in [9.17, 15) is 14.4 Å². The highest BCUT2D eigenvalue weighted by Gasteiger charge is 2.28. The molecule has 1 aliphatic rings. The molecule has 0 radical (unpaired) electrons. The van der Waals surface area contributed by atoms with Gasteiger partial charge in [-0.1, -0.05) is 24.3 Å². The van der Waals surface area contributed by atoms with Gasteiger partial charge in [0.05, 0.1) is 12.5 Å². The van der Waals surface area contributed by atoms with Gasteiger partial charge < -0.3 is 10.2 Å². The van der Waals surface area contributed by atoms with Crippen LogP contribution in [0.25, 0.3) is 6.08 Å². The zero-order valence-corrected chi connectivity index (χ0v) is 14.7. The zero-order valence-electron chi connectivity index (χ0n) is 13.9. The van der Waals surface area contributed by atoms with Crippen LogP contribution >= 0.6 is 11.3 Å². The third kappa shape index (κ3) is 3.66. The number of hydrogen-bond donors (Lipinski definition) is 1. The Balaban J connectivity index is 1.78. The number of fused-ring (bicyclic) bond motifs is 1. The summed E-state index contributed by atoms with van der Waals surface area (Å²) in [5.74, 6) is -0.534. The molecule has 6 nitrogen and oxygen atoms in total. The summed E-state index contributed by atoms with van der Waals surface area (Å²) in [6, 6.07) is 7.31. The Kier molecular flexibility index (Phi) is 4.76. The number of benzene rings is 1. The monoisotopic (exact) mass is 355 g/mol. The van der Waals surface area contributed by atoms with Crippen molar-refractivity contribution in [2.75, 3.05) is 5.32 Å². The van der Waals surface area contributed by atoms with Crippen LogP contribution in [0.15, 0.2) is 35.8 Å². The Bertz CT molecular complexity index is 872. The van der Waals surface area contributed by atoms with Crippen molar-refractivity contribution >= 4 is 40.1 Å². The lowest BCUT2D eigenvalue weighted by Gasteiger charge is -2.32. The molecule has 1 atom stereocenters. The topological polar surface area (TPSA) is 79.4 Å². The number of anilines is 1. The fourth-order valence-corrected chi connectivity index (χ4v) is 3.52. The molecule has 1 aromatic heterocycles. The molecule has 1 aliphatic heterocycles. The summed E-state index contributed by atoms with van der Waals surface area (Å²) in [6.07, 6.45) is 3.68. The summed E-state index contributed by atoms with van der Waals surface area (Å²) in [4.78, 5) is 41.3. The smallest absolute Gasteiger partial charge is 0.228 e. The van der Waals surface area contributed by atoms with Crippen molar-refractivity contribution in [2.45, 2.75) is 26.3 Å². The highest BCUT2D eigenvalue weighted by molar-refractivity contribution is 7.14. The van der Waals surface area contributed by atoms with Crippen LogP contribution in [0, 0.1) is 0 Å². The van der Waals surface area contributed by atoms with E-state index in [4.69, 9.17) is 0 Å². The van der Waals surface area contributed by atoms with E-state index in [2.05, 4.69) is 10.3 Å². The van der Waals surface area contributed by atoms with Crippen LogP contribution in [0.5, 0.6) is 0 Å². The summed E-state index contributed by atoms with van der Waals surface area (Å²) < 4.78 is 0. The fourth-order valence-electron chi connectivity index (χ4n) is 2.75. The number of nitrogens with one attached hydrogen (secondary N) is 1.